The number of carbonyl (C=O) groups is 1. The number of carbonyl (C=O) groups excluding carboxylic acids is 1. The van der Waals surface area contributed by atoms with Crippen LogP contribution in [0.4, 0.5) is 0 Å². The van der Waals surface area contributed by atoms with Gasteiger partial charge in [-0.15, -0.1) is 0 Å². The Labute approximate surface area is 121 Å². The van der Waals surface area contributed by atoms with Gasteiger partial charge in [-0.3, -0.25) is 4.79 Å². The molecule has 110 valence electrons. The SMILES string of the molecule is CCCCCCCC(=O)CCc1ccc2c(c1)OCO2. The lowest BCUT2D eigenvalue weighted by atomic mass is 10.0. The zero-order chi connectivity index (χ0) is 14.2. The monoisotopic (exact) mass is 276 g/mol. The van der Waals surface area contributed by atoms with Crippen LogP contribution in [0, 0.1) is 0 Å². The van der Waals surface area contributed by atoms with E-state index < -0.39 is 0 Å². The quantitative estimate of drug-likeness (QED) is 0.632. The molecule has 0 N–H and O–H groups in total. The summed E-state index contributed by atoms with van der Waals surface area (Å²) < 4.78 is 10.6. The van der Waals surface area contributed by atoms with E-state index in [2.05, 4.69) is 6.92 Å². The minimum atomic E-state index is 0.301. The van der Waals surface area contributed by atoms with E-state index in [1.807, 2.05) is 18.2 Å². The highest BCUT2D eigenvalue weighted by molar-refractivity contribution is 5.78. The van der Waals surface area contributed by atoms with Crippen LogP contribution in [-0.2, 0) is 11.2 Å². The van der Waals surface area contributed by atoms with Crippen molar-refractivity contribution in [3.8, 4) is 11.5 Å². The molecule has 0 atom stereocenters. The van der Waals surface area contributed by atoms with Gasteiger partial charge in [0.25, 0.3) is 0 Å². The second-order valence-corrected chi connectivity index (χ2v) is 5.39. The number of rotatable bonds is 9. The third-order valence-corrected chi connectivity index (χ3v) is 3.69. The predicted octanol–water partition coefficient (Wildman–Crippen LogP) is 4.28. The first kappa shape index (κ1) is 14.9. The maximum absolute atomic E-state index is 11.8. The fourth-order valence-electron chi connectivity index (χ4n) is 2.43. The van der Waals surface area contributed by atoms with E-state index in [9.17, 15) is 4.79 Å². The highest BCUT2D eigenvalue weighted by Gasteiger charge is 2.13. The molecule has 0 radical (unpaired) electrons. The summed E-state index contributed by atoms with van der Waals surface area (Å²) in [5.74, 6) is 1.98. The molecule has 0 bridgehead atoms. The molecule has 0 aliphatic carbocycles. The average molecular weight is 276 g/mol. The molecule has 0 amide bonds. The summed E-state index contributed by atoms with van der Waals surface area (Å²) in [6.45, 7) is 2.51. The number of Topliss-reactive ketones (excluding diaryl/α,β-unsaturated/α-hetero) is 1. The van der Waals surface area contributed by atoms with Crippen LogP contribution in [-0.4, -0.2) is 12.6 Å². The smallest absolute Gasteiger partial charge is 0.231 e. The van der Waals surface area contributed by atoms with Crippen LogP contribution in [0.25, 0.3) is 0 Å². The van der Waals surface area contributed by atoms with E-state index in [0.29, 0.717) is 19.0 Å². The number of aryl methyl sites for hydroxylation is 1. The molecule has 0 spiro atoms. The molecule has 1 aliphatic heterocycles. The third kappa shape index (κ3) is 4.55. The van der Waals surface area contributed by atoms with Gasteiger partial charge in [-0.2, -0.15) is 0 Å². The van der Waals surface area contributed by atoms with Crippen LogP contribution in [0.15, 0.2) is 18.2 Å². The van der Waals surface area contributed by atoms with E-state index in [4.69, 9.17) is 9.47 Å². The number of ketones is 1. The molecule has 1 aromatic rings. The first-order valence-corrected chi connectivity index (χ1v) is 7.70. The predicted molar refractivity (Wildman–Crippen MR) is 79.3 cm³/mol. The molecule has 20 heavy (non-hydrogen) atoms. The van der Waals surface area contributed by atoms with Crippen LogP contribution in [0.2, 0.25) is 0 Å². The maximum atomic E-state index is 11.8. The Morgan fingerprint density at radius 3 is 2.70 bits per heavy atom. The first-order chi connectivity index (χ1) is 9.79. The minimum Gasteiger partial charge on any atom is -0.454 e. The number of ether oxygens (including phenoxy) is 2. The Hall–Kier alpha value is -1.51. The van der Waals surface area contributed by atoms with Crippen LogP contribution in [0.5, 0.6) is 11.5 Å². The van der Waals surface area contributed by atoms with Crippen LogP contribution in [0.3, 0.4) is 0 Å². The zero-order valence-electron chi connectivity index (χ0n) is 12.3. The van der Waals surface area contributed by atoms with Gasteiger partial charge in [0.15, 0.2) is 11.5 Å². The van der Waals surface area contributed by atoms with Crippen molar-refractivity contribution < 1.29 is 14.3 Å². The topological polar surface area (TPSA) is 35.5 Å². The first-order valence-electron chi connectivity index (χ1n) is 7.70. The summed E-state index contributed by atoms with van der Waals surface area (Å²) in [7, 11) is 0. The van der Waals surface area contributed by atoms with E-state index in [1.54, 1.807) is 0 Å². The summed E-state index contributed by atoms with van der Waals surface area (Å²) in [6, 6.07) is 5.92. The Balaban J connectivity index is 1.66. The molecule has 0 unspecified atom stereocenters. The van der Waals surface area contributed by atoms with E-state index >= 15 is 0 Å². The second kappa shape index (κ2) is 7.93. The molecule has 0 saturated heterocycles. The number of benzene rings is 1. The lowest BCUT2D eigenvalue weighted by Crippen LogP contribution is -2.00. The standard InChI is InChI=1S/C17H24O3/c1-2-3-4-5-6-7-15(18)10-8-14-9-11-16-17(12-14)20-13-19-16/h9,11-12H,2-8,10,13H2,1H3. The Kier molecular flexibility index (Phi) is 5.90. The zero-order valence-corrected chi connectivity index (χ0v) is 12.3. The van der Waals surface area contributed by atoms with Crippen LogP contribution in [0.1, 0.15) is 57.4 Å². The van der Waals surface area contributed by atoms with Gasteiger partial charge in [0.2, 0.25) is 6.79 Å². The third-order valence-electron chi connectivity index (χ3n) is 3.69. The van der Waals surface area contributed by atoms with Crippen LogP contribution < -0.4 is 9.47 Å². The molecular weight excluding hydrogens is 252 g/mol. The molecule has 0 saturated carbocycles. The summed E-state index contributed by atoms with van der Waals surface area (Å²) >= 11 is 0. The molecule has 1 heterocycles. The van der Waals surface area contributed by atoms with Gasteiger partial charge in [0.05, 0.1) is 0 Å². The summed E-state index contributed by atoms with van der Waals surface area (Å²) in [4.78, 5) is 11.8. The van der Waals surface area contributed by atoms with E-state index in [-0.39, 0.29) is 0 Å². The van der Waals surface area contributed by atoms with Gasteiger partial charge in [0.1, 0.15) is 5.78 Å². The summed E-state index contributed by atoms with van der Waals surface area (Å²) in [5.41, 5.74) is 1.15. The Morgan fingerprint density at radius 1 is 1.05 bits per heavy atom. The van der Waals surface area contributed by atoms with Gasteiger partial charge >= 0.3 is 0 Å². The highest BCUT2D eigenvalue weighted by atomic mass is 16.7. The summed E-state index contributed by atoms with van der Waals surface area (Å²) in [5, 5.41) is 0. The molecular formula is C17H24O3. The molecule has 1 aromatic carbocycles. The van der Waals surface area contributed by atoms with Crippen molar-refractivity contribution >= 4 is 5.78 Å². The second-order valence-electron chi connectivity index (χ2n) is 5.39. The van der Waals surface area contributed by atoms with Crippen molar-refractivity contribution in [1.82, 2.24) is 0 Å². The number of unbranched alkanes of at least 4 members (excludes halogenated alkanes) is 4. The average Bonchev–Trinajstić information content (AvgIpc) is 2.92. The summed E-state index contributed by atoms with van der Waals surface area (Å²) in [6.07, 6.45) is 8.17. The van der Waals surface area contributed by atoms with Crippen molar-refractivity contribution in [2.75, 3.05) is 6.79 Å². The fraction of sp³-hybridized carbons (Fsp3) is 0.588. The van der Waals surface area contributed by atoms with Gasteiger partial charge in [-0.1, -0.05) is 38.7 Å². The van der Waals surface area contributed by atoms with Crippen molar-refractivity contribution in [2.24, 2.45) is 0 Å². The normalized spacial score (nSPS) is 12.7. The van der Waals surface area contributed by atoms with Gasteiger partial charge in [0, 0.05) is 12.8 Å². The Morgan fingerprint density at radius 2 is 1.85 bits per heavy atom. The van der Waals surface area contributed by atoms with E-state index in [1.165, 1.54) is 25.7 Å². The number of fused-ring (bicyclic) bond motifs is 1. The van der Waals surface area contributed by atoms with Crippen LogP contribution >= 0.6 is 0 Å². The molecule has 3 heteroatoms. The van der Waals surface area contributed by atoms with Crippen molar-refractivity contribution in [2.45, 2.75) is 58.3 Å². The lowest BCUT2D eigenvalue weighted by molar-refractivity contribution is -0.119. The van der Waals surface area contributed by atoms with E-state index in [0.717, 1.165) is 36.3 Å². The van der Waals surface area contributed by atoms with Crippen molar-refractivity contribution in [3.05, 3.63) is 23.8 Å². The highest BCUT2D eigenvalue weighted by Crippen LogP contribution is 2.32. The number of hydrogen-bond donors (Lipinski definition) is 0. The van der Waals surface area contributed by atoms with Crippen molar-refractivity contribution in [3.63, 3.8) is 0 Å². The minimum absolute atomic E-state index is 0.301. The maximum Gasteiger partial charge on any atom is 0.231 e. The molecule has 0 fully saturated rings. The molecule has 0 aromatic heterocycles. The Bertz CT molecular complexity index is 440. The van der Waals surface area contributed by atoms with Crippen molar-refractivity contribution in [1.29, 1.82) is 0 Å². The lowest BCUT2D eigenvalue weighted by Gasteiger charge is -2.03. The fourth-order valence-corrected chi connectivity index (χ4v) is 2.43. The number of hydrogen-bond acceptors (Lipinski definition) is 3. The largest absolute Gasteiger partial charge is 0.454 e. The van der Waals surface area contributed by atoms with Gasteiger partial charge in [-0.25, -0.2) is 0 Å². The van der Waals surface area contributed by atoms with Gasteiger partial charge in [-0.05, 0) is 30.5 Å². The molecule has 1 aliphatic rings. The molecule has 3 nitrogen and oxygen atoms in total. The van der Waals surface area contributed by atoms with Gasteiger partial charge < -0.3 is 9.47 Å². The molecule has 2 rings (SSSR count).